The summed E-state index contributed by atoms with van der Waals surface area (Å²) in [7, 11) is 0. The highest BCUT2D eigenvalue weighted by Crippen LogP contribution is 2.20. The van der Waals surface area contributed by atoms with Crippen LogP contribution in [0.2, 0.25) is 0 Å². The Kier molecular flexibility index (Phi) is 3.73. The van der Waals surface area contributed by atoms with E-state index in [9.17, 15) is 4.79 Å². The number of amides is 1. The second-order valence-corrected chi connectivity index (χ2v) is 6.40. The summed E-state index contributed by atoms with van der Waals surface area (Å²) in [5.74, 6) is 0.121. The summed E-state index contributed by atoms with van der Waals surface area (Å²) in [4.78, 5) is 20.2. The number of rotatable bonds is 2. The van der Waals surface area contributed by atoms with E-state index in [4.69, 9.17) is 0 Å². The zero-order chi connectivity index (χ0) is 16.5. The molecule has 0 aliphatic carbocycles. The topological polar surface area (TPSA) is 39.3 Å². The van der Waals surface area contributed by atoms with Crippen molar-refractivity contribution in [3.05, 3.63) is 65.9 Å². The average molecular weight is 319 g/mol. The van der Waals surface area contributed by atoms with Crippen LogP contribution in [0.15, 0.2) is 54.7 Å². The number of hydrogen-bond acceptors (Lipinski definition) is 2. The zero-order valence-corrected chi connectivity index (χ0v) is 13.8. The van der Waals surface area contributed by atoms with Gasteiger partial charge in [0.25, 0.3) is 5.91 Å². The molecule has 24 heavy (non-hydrogen) atoms. The third-order valence-electron chi connectivity index (χ3n) is 4.74. The number of aromatic amines is 1. The maximum Gasteiger partial charge on any atom is 0.254 e. The second-order valence-electron chi connectivity index (χ2n) is 6.40. The van der Waals surface area contributed by atoms with Crippen molar-refractivity contribution < 1.29 is 4.79 Å². The molecule has 1 N–H and O–H groups in total. The molecule has 1 amide bonds. The maximum atomic E-state index is 12.8. The van der Waals surface area contributed by atoms with Crippen LogP contribution < -0.4 is 4.90 Å². The lowest BCUT2D eigenvalue weighted by Gasteiger charge is -2.36. The Bertz CT molecular complexity index is 875. The quantitative estimate of drug-likeness (QED) is 0.786. The molecule has 1 aliphatic rings. The fourth-order valence-electron chi connectivity index (χ4n) is 3.36. The maximum absolute atomic E-state index is 12.8. The van der Waals surface area contributed by atoms with Gasteiger partial charge in [-0.3, -0.25) is 4.79 Å². The normalized spacial score (nSPS) is 15.0. The van der Waals surface area contributed by atoms with Gasteiger partial charge in [0.1, 0.15) is 0 Å². The molecular weight excluding hydrogens is 298 g/mol. The van der Waals surface area contributed by atoms with Crippen molar-refractivity contribution in [2.24, 2.45) is 0 Å². The van der Waals surface area contributed by atoms with Gasteiger partial charge in [-0.2, -0.15) is 0 Å². The highest BCUT2D eigenvalue weighted by Gasteiger charge is 2.22. The number of benzene rings is 2. The first-order chi connectivity index (χ1) is 11.7. The summed E-state index contributed by atoms with van der Waals surface area (Å²) in [6.07, 6.45) is 1.90. The number of fused-ring (bicyclic) bond motifs is 1. The first-order valence-corrected chi connectivity index (χ1v) is 8.39. The third kappa shape index (κ3) is 2.75. The van der Waals surface area contributed by atoms with E-state index in [1.165, 1.54) is 11.3 Å². The van der Waals surface area contributed by atoms with Crippen LogP contribution in [0.3, 0.4) is 0 Å². The van der Waals surface area contributed by atoms with Crippen molar-refractivity contribution in [2.45, 2.75) is 6.92 Å². The molecule has 0 saturated carbocycles. The molecule has 4 rings (SSSR count). The van der Waals surface area contributed by atoms with Crippen LogP contribution >= 0.6 is 0 Å². The Morgan fingerprint density at radius 1 is 1.00 bits per heavy atom. The molecular formula is C20H21N3O. The molecule has 4 heteroatoms. The number of hydrogen-bond donors (Lipinski definition) is 1. The fraction of sp³-hybridized carbons (Fsp3) is 0.250. The van der Waals surface area contributed by atoms with Gasteiger partial charge < -0.3 is 14.8 Å². The molecule has 0 unspecified atom stereocenters. The number of carbonyl (C=O) groups excluding carboxylic acids is 1. The molecule has 0 bridgehead atoms. The predicted octanol–water partition coefficient (Wildman–Crippen LogP) is 3.44. The van der Waals surface area contributed by atoms with Crippen LogP contribution in [0, 0.1) is 6.92 Å². The summed E-state index contributed by atoms with van der Waals surface area (Å²) in [5.41, 5.74) is 4.29. The number of H-pyrrole nitrogens is 1. The SMILES string of the molecule is Cc1cccc(N2CCN(C(=O)c3ccc4cc[nH]c4c3)CC2)c1. The number of aryl methyl sites for hydroxylation is 1. The number of nitrogens with one attached hydrogen (secondary N) is 1. The molecule has 1 saturated heterocycles. The fourth-order valence-corrected chi connectivity index (χ4v) is 3.36. The molecule has 1 aliphatic heterocycles. The first kappa shape index (κ1) is 14.8. The van der Waals surface area contributed by atoms with Gasteiger partial charge in [0.2, 0.25) is 0 Å². The van der Waals surface area contributed by atoms with E-state index in [-0.39, 0.29) is 5.91 Å². The van der Waals surface area contributed by atoms with Crippen molar-refractivity contribution in [2.75, 3.05) is 31.1 Å². The van der Waals surface area contributed by atoms with E-state index >= 15 is 0 Å². The molecule has 2 aromatic carbocycles. The van der Waals surface area contributed by atoms with E-state index in [2.05, 4.69) is 41.1 Å². The number of aromatic nitrogens is 1. The molecule has 0 radical (unpaired) electrons. The molecule has 1 aromatic heterocycles. The molecule has 4 nitrogen and oxygen atoms in total. The monoisotopic (exact) mass is 319 g/mol. The lowest BCUT2D eigenvalue weighted by molar-refractivity contribution is 0.0747. The number of anilines is 1. The summed E-state index contributed by atoms with van der Waals surface area (Å²) in [5, 5.41) is 1.14. The summed E-state index contributed by atoms with van der Waals surface area (Å²) in [6.45, 7) is 5.38. The van der Waals surface area contributed by atoms with Gasteiger partial charge in [-0.1, -0.05) is 18.2 Å². The second kappa shape index (κ2) is 6.04. The van der Waals surface area contributed by atoms with Crippen LogP contribution in [0.1, 0.15) is 15.9 Å². The number of carbonyl (C=O) groups is 1. The van der Waals surface area contributed by atoms with Crippen molar-refractivity contribution >= 4 is 22.5 Å². The average Bonchev–Trinajstić information content (AvgIpc) is 3.09. The van der Waals surface area contributed by atoms with Gasteiger partial charge in [0, 0.05) is 49.1 Å². The first-order valence-electron chi connectivity index (χ1n) is 8.39. The van der Waals surface area contributed by atoms with Gasteiger partial charge in [-0.05, 0) is 48.2 Å². The largest absolute Gasteiger partial charge is 0.368 e. The van der Waals surface area contributed by atoms with E-state index in [0.717, 1.165) is 42.6 Å². The van der Waals surface area contributed by atoms with E-state index in [0.29, 0.717) is 0 Å². The molecule has 3 aromatic rings. The predicted molar refractivity (Wildman–Crippen MR) is 97.6 cm³/mol. The molecule has 2 heterocycles. The Morgan fingerprint density at radius 3 is 2.62 bits per heavy atom. The number of nitrogens with zero attached hydrogens (tertiary/aromatic N) is 2. The Hall–Kier alpha value is -2.75. The minimum absolute atomic E-state index is 0.121. The smallest absolute Gasteiger partial charge is 0.254 e. The van der Waals surface area contributed by atoms with Crippen LogP contribution in [0.5, 0.6) is 0 Å². The van der Waals surface area contributed by atoms with Crippen molar-refractivity contribution in [1.82, 2.24) is 9.88 Å². The molecule has 0 atom stereocenters. The van der Waals surface area contributed by atoms with Crippen LogP contribution in [0.4, 0.5) is 5.69 Å². The lowest BCUT2D eigenvalue weighted by Crippen LogP contribution is -2.48. The van der Waals surface area contributed by atoms with E-state index in [1.54, 1.807) is 0 Å². The standard InChI is InChI=1S/C20H21N3O/c1-15-3-2-4-18(13-15)22-9-11-23(12-10-22)20(24)17-6-5-16-7-8-21-19(16)14-17/h2-8,13-14,21H,9-12H2,1H3. The molecule has 122 valence electrons. The molecule has 0 spiro atoms. The lowest BCUT2D eigenvalue weighted by atomic mass is 10.1. The summed E-state index contributed by atoms with van der Waals surface area (Å²) >= 11 is 0. The minimum atomic E-state index is 0.121. The van der Waals surface area contributed by atoms with E-state index in [1.807, 2.05) is 35.4 Å². The van der Waals surface area contributed by atoms with Crippen molar-refractivity contribution in [3.63, 3.8) is 0 Å². The zero-order valence-electron chi connectivity index (χ0n) is 13.8. The van der Waals surface area contributed by atoms with E-state index < -0.39 is 0 Å². The highest BCUT2D eigenvalue weighted by molar-refractivity contribution is 5.98. The van der Waals surface area contributed by atoms with Crippen molar-refractivity contribution in [3.8, 4) is 0 Å². The Labute approximate surface area is 141 Å². The third-order valence-corrected chi connectivity index (χ3v) is 4.74. The Balaban J connectivity index is 1.46. The van der Waals surface area contributed by atoms with Gasteiger partial charge in [0.05, 0.1) is 0 Å². The molecule has 1 fully saturated rings. The minimum Gasteiger partial charge on any atom is -0.368 e. The van der Waals surface area contributed by atoms with Crippen molar-refractivity contribution in [1.29, 1.82) is 0 Å². The van der Waals surface area contributed by atoms with Gasteiger partial charge in [-0.15, -0.1) is 0 Å². The van der Waals surface area contributed by atoms with Crippen LogP contribution in [-0.4, -0.2) is 42.0 Å². The van der Waals surface area contributed by atoms with Gasteiger partial charge >= 0.3 is 0 Å². The highest BCUT2D eigenvalue weighted by atomic mass is 16.2. The number of piperazine rings is 1. The Morgan fingerprint density at radius 2 is 1.83 bits per heavy atom. The van der Waals surface area contributed by atoms with Gasteiger partial charge in [-0.25, -0.2) is 0 Å². The van der Waals surface area contributed by atoms with Gasteiger partial charge in [0.15, 0.2) is 0 Å². The summed E-state index contributed by atoms with van der Waals surface area (Å²) < 4.78 is 0. The van der Waals surface area contributed by atoms with Crippen LogP contribution in [-0.2, 0) is 0 Å². The summed E-state index contributed by atoms with van der Waals surface area (Å²) in [6, 6.07) is 16.4. The van der Waals surface area contributed by atoms with Crippen LogP contribution in [0.25, 0.3) is 10.9 Å².